The molecule has 3 nitrogen and oxygen atoms in total. The van der Waals surface area contributed by atoms with E-state index in [1.807, 2.05) is 6.07 Å². The molecule has 0 fully saturated rings. The van der Waals surface area contributed by atoms with Gasteiger partial charge in [-0.25, -0.2) is 0 Å². The third kappa shape index (κ3) is 2.16. The Labute approximate surface area is 102 Å². The second-order valence-corrected chi connectivity index (χ2v) is 4.55. The standard InChI is InChI=1S/C8H3Br2ClN2O/c9-5-1-4(2-6(11)3-5)7-12-13-8(10)14-7/h1-3H. The van der Waals surface area contributed by atoms with Crippen LogP contribution in [0.25, 0.3) is 11.5 Å². The summed E-state index contributed by atoms with van der Waals surface area (Å²) in [6, 6.07) is 5.40. The van der Waals surface area contributed by atoms with Crippen LogP contribution in [0, 0.1) is 0 Å². The van der Waals surface area contributed by atoms with E-state index in [1.165, 1.54) is 0 Å². The molecule has 1 aromatic heterocycles. The summed E-state index contributed by atoms with van der Waals surface area (Å²) in [6.45, 7) is 0. The molecule has 0 aliphatic rings. The molecule has 14 heavy (non-hydrogen) atoms. The maximum Gasteiger partial charge on any atom is 0.285 e. The first-order valence-electron chi connectivity index (χ1n) is 3.60. The molecule has 0 aliphatic carbocycles. The number of benzene rings is 1. The van der Waals surface area contributed by atoms with Gasteiger partial charge in [-0.1, -0.05) is 27.5 Å². The summed E-state index contributed by atoms with van der Waals surface area (Å²) in [5.41, 5.74) is 0.780. The molecule has 0 radical (unpaired) electrons. The van der Waals surface area contributed by atoms with Crippen molar-refractivity contribution in [1.82, 2.24) is 10.2 Å². The Morgan fingerprint density at radius 3 is 2.50 bits per heavy atom. The number of aromatic nitrogens is 2. The fourth-order valence-corrected chi connectivity index (χ4v) is 2.09. The van der Waals surface area contributed by atoms with Crippen LogP contribution in [-0.2, 0) is 0 Å². The molecule has 2 rings (SSSR count). The zero-order valence-electron chi connectivity index (χ0n) is 6.67. The van der Waals surface area contributed by atoms with Crippen LogP contribution in [0.5, 0.6) is 0 Å². The summed E-state index contributed by atoms with van der Waals surface area (Å²) in [5.74, 6) is 0.431. The van der Waals surface area contributed by atoms with Crippen molar-refractivity contribution in [3.05, 3.63) is 32.5 Å². The predicted octanol–water partition coefficient (Wildman–Crippen LogP) is 3.92. The molecule has 0 unspecified atom stereocenters. The first-order chi connectivity index (χ1) is 6.65. The smallest absolute Gasteiger partial charge is 0.285 e. The average Bonchev–Trinajstić information content (AvgIpc) is 2.50. The highest BCUT2D eigenvalue weighted by atomic mass is 79.9. The van der Waals surface area contributed by atoms with E-state index in [0.29, 0.717) is 15.7 Å². The van der Waals surface area contributed by atoms with Crippen LogP contribution in [0.4, 0.5) is 0 Å². The Kier molecular flexibility index (Phi) is 2.90. The van der Waals surface area contributed by atoms with Gasteiger partial charge in [-0.3, -0.25) is 0 Å². The van der Waals surface area contributed by atoms with Gasteiger partial charge < -0.3 is 4.42 Å². The van der Waals surface area contributed by atoms with E-state index in [0.717, 1.165) is 10.0 Å². The molecule has 0 spiro atoms. The van der Waals surface area contributed by atoms with Crippen LogP contribution in [-0.4, -0.2) is 10.2 Å². The lowest BCUT2D eigenvalue weighted by molar-refractivity contribution is 0.540. The minimum absolute atomic E-state index is 0.351. The van der Waals surface area contributed by atoms with E-state index in [2.05, 4.69) is 42.1 Å². The van der Waals surface area contributed by atoms with Gasteiger partial charge in [0.15, 0.2) is 0 Å². The highest BCUT2D eigenvalue weighted by Crippen LogP contribution is 2.27. The van der Waals surface area contributed by atoms with E-state index < -0.39 is 0 Å². The molecule has 6 heteroatoms. The summed E-state index contributed by atoms with van der Waals surface area (Å²) in [7, 11) is 0. The number of rotatable bonds is 1. The fourth-order valence-electron chi connectivity index (χ4n) is 0.999. The second kappa shape index (κ2) is 4.00. The highest BCUT2D eigenvalue weighted by Gasteiger charge is 2.07. The van der Waals surface area contributed by atoms with Crippen LogP contribution < -0.4 is 0 Å². The number of hydrogen-bond acceptors (Lipinski definition) is 3. The lowest BCUT2D eigenvalue weighted by Gasteiger charge is -1.97. The first-order valence-corrected chi connectivity index (χ1v) is 5.57. The van der Waals surface area contributed by atoms with Crippen LogP contribution in [0.1, 0.15) is 0 Å². The van der Waals surface area contributed by atoms with E-state index in [4.69, 9.17) is 16.0 Å². The third-order valence-electron chi connectivity index (χ3n) is 1.51. The zero-order valence-corrected chi connectivity index (χ0v) is 10.6. The highest BCUT2D eigenvalue weighted by molar-refractivity contribution is 9.10. The van der Waals surface area contributed by atoms with E-state index in [-0.39, 0.29) is 0 Å². The van der Waals surface area contributed by atoms with Gasteiger partial charge >= 0.3 is 0 Å². The van der Waals surface area contributed by atoms with Crippen molar-refractivity contribution in [2.24, 2.45) is 0 Å². The van der Waals surface area contributed by atoms with Crippen molar-refractivity contribution >= 4 is 43.5 Å². The topological polar surface area (TPSA) is 38.9 Å². The molecular formula is C8H3Br2ClN2O. The Balaban J connectivity index is 2.51. The Bertz CT molecular complexity index is 452. The quantitative estimate of drug-likeness (QED) is 0.791. The molecule has 72 valence electrons. The van der Waals surface area contributed by atoms with Crippen LogP contribution in [0.3, 0.4) is 0 Å². The molecule has 1 heterocycles. The monoisotopic (exact) mass is 336 g/mol. The van der Waals surface area contributed by atoms with Gasteiger partial charge in [0.2, 0.25) is 5.89 Å². The van der Waals surface area contributed by atoms with Crippen LogP contribution in [0.15, 0.2) is 31.9 Å². The predicted molar refractivity (Wildman–Crippen MR) is 60.1 cm³/mol. The second-order valence-electron chi connectivity index (χ2n) is 2.52. The van der Waals surface area contributed by atoms with Gasteiger partial charge in [0.05, 0.1) is 0 Å². The molecule has 2 aromatic rings. The molecule has 0 saturated carbocycles. The summed E-state index contributed by atoms with van der Waals surface area (Å²) < 4.78 is 6.06. The Hall–Kier alpha value is -0.390. The summed E-state index contributed by atoms with van der Waals surface area (Å²) in [5, 5.41) is 8.13. The number of hydrogen-bond donors (Lipinski definition) is 0. The molecule has 0 amide bonds. The van der Waals surface area contributed by atoms with Crippen LogP contribution in [0.2, 0.25) is 5.02 Å². The van der Waals surface area contributed by atoms with E-state index in [9.17, 15) is 0 Å². The van der Waals surface area contributed by atoms with Crippen molar-refractivity contribution in [3.8, 4) is 11.5 Å². The summed E-state index contributed by atoms with van der Waals surface area (Å²) in [6.07, 6.45) is 0. The first kappa shape index (κ1) is 10.1. The van der Waals surface area contributed by atoms with E-state index >= 15 is 0 Å². The summed E-state index contributed by atoms with van der Waals surface area (Å²) >= 11 is 12.3. The minimum atomic E-state index is 0.351. The van der Waals surface area contributed by atoms with Crippen molar-refractivity contribution < 1.29 is 4.42 Å². The third-order valence-corrected chi connectivity index (χ3v) is 2.51. The van der Waals surface area contributed by atoms with Crippen molar-refractivity contribution in [3.63, 3.8) is 0 Å². The van der Waals surface area contributed by atoms with Gasteiger partial charge in [0, 0.05) is 31.0 Å². The SMILES string of the molecule is Clc1cc(Br)cc(-c2nnc(Br)o2)c1. The van der Waals surface area contributed by atoms with Crippen molar-refractivity contribution in [2.45, 2.75) is 0 Å². The molecule has 1 aromatic carbocycles. The lowest BCUT2D eigenvalue weighted by Crippen LogP contribution is -1.78. The number of nitrogens with zero attached hydrogens (tertiary/aromatic N) is 2. The summed E-state index contributed by atoms with van der Waals surface area (Å²) in [4.78, 5) is 0.351. The zero-order chi connectivity index (χ0) is 10.1. The van der Waals surface area contributed by atoms with Gasteiger partial charge in [0.1, 0.15) is 0 Å². The Morgan fingerprint density at radius 1 is 1.14 bits per heavy atom. The van der Waals surface area contributed by atoms with E-state index in [1.54, 1.807) is 12.1 Å². The molecular weight excluding hydrogens is 335 g/mol. The average molecular weight is 338 g/mol. The molecule has 0 atom stereocenters. The Morgan fingerprint density at radius 2 is 1.93 bits per heavy atom. The molecule has 0 bridgehead atoms. The molecule has 0 aliphatic heterocycles. The number of halogens is 3. The fraction of sp³-hybridized carbons (Fsp3) is 0. The van der Waals surface area contributed by atoms with Crippen LogP contribution >= 0.6 is 43.5 Å². The normalized spacial score (nSPS) is 10.5. The largest absolute Gasteiger partial charge is 0.411 e. The maximum absolute atomic E-state index is 5.88. The maximum atomic E-state index is 5.88. The van der Waals surface area contributed by atoms with Gasteiger partial charge in [0.25, 0.3) is 4.80 Å². The van der Waals surface area contributed by atoms with Crippen molar-refractivity contribution in [1.29, 1.82) is 0 Å². The van der Waals surface area contributed by atoms with Gasteiger partial charge in [-0.05, 0) is 18.2 Å². The van der Waals surface area contributed by atoms with Gasteiger partial charge in [-0.2, -0.15) is 0 Å². The minimum Gasteiger partial charge on any atom is -0.411 e. The molecule has 0 saturated heterocycles. The lowest BCUT2D eigenvalue weighted by atomic mass is 10.2. The molecule has 0 N–H and O–H groups in total. The van der Waals surface area contributed by atoms with Crippen molar-refractivity contribution in [2.75, 3.05) is 0 Å². The van der Waals surface area contributed by atoms with Gasteiger partial charge in [-0.15, -0.1) is 10.2 Å².